The van der Waals surface area contributed by atoms with Gasteiger partial charge >= 0.3 is 0 Å². The number of nitrogens with zero attached hydrogens (tertiary/aromatic N) is 1. The van der Waals surface area contributed by atoms with E-state index < -0.39 is 0 Å². The van der Waals surface area contributed by atoms with Crippen LogP contribution in [0.5, 0.6) is 0 Å². The molecule has 0 spiro atoms. The van der Waals surface area contributed by atoms with E-state index in [0.29, 0.717) is 18.5 Å². The van der Waals surface area contributed by atoms with Gasteiger partial charge in [0.15, 0.2) is 0 Å². The van der Waals surface area contributed by atoms with Crippen LogP contribution in [0, 0.1) is 5.92 Å². The van der Waals surface area contributed by atoms with Gasteiger partial charge in [0.05, 0.1) is 5.92 Å². The van der Waals surface area contributed by atoms with Crippen LogP contribution in [-0.4, -0.2) is 29.9 Å². The third-order valence-electron chi connectivity index (χ3n) is 3.15. The van der Waals surface area contributed by atoms with Gasteiger partial charge in [-0.15, -0.1) is 0 Å². The molecule has 1 atom stereocenters. The summed E-state index contributed by atoms with van der Waals surface area (Å²) in [5.41, 5.74) is 5.50. The fourth-order valence-electron chi connectivity index (χ4n) is 2.04. The molecule has 2 fully saturated rings. The van der Waals surface area contributed by atoms with E-state index in [2.05, 4.69) is 0 Å². The van der Waals surface area contributed by atoms with Gasteiger partial charge in [0.2, 0.25) is 5.91 Å². The SMILES string of the molecule is NCC1CCN(C2CCC2)C1=O. The van der Waals surface area contributed by atoms with Crippen LogP contribution >= 0.6 is 0 Å². The molecule has 0 aromatic rings. The highest BCUT2D eigenvalue weighted by Gasteiger charge is 2.36. The number of amides is 1. The highest BCUT2D eigenvalue weighted by atomic mass is 16.2. The zero-order chi connectivity index (χ0) is 8.55. The standard InChI is InChI=1S/C9H16N2O/c10-6-7-4-5-11(9(7)12)8-2-1-3-8/h7-8H,1-6,10H2. The molecule has 2 rings (SSSR count). The van der Waals surface area contributed by atoms with Crippen molar-refractivity contribution in [1.82, 2.24) is 4.90 Å². The summed E-state index contributed by atoms with van der Waals surface area (Å²) in [7, 11) is 0. The maximum Gasteiger partial charge on any atom is 0.227 e. The largest absolute Gasteiger partial charge is 0.339 e. The number of hydrogen-bond acceptors (Lipinski definition) is 2. The van der Waals surface area contributed by atoms with E-state index in [0.717, 1.165) is 13.0 Å². The Labute approximate surface area is 72.9 Å². The molecule has 3 nitrogen and oxygen atoms in total. The number of nitrogens with two attached hydrogens (primary N) is 1. The van der Waals surface area contributed by atoms with Gasteiger partial charge < -0.3 is 10.6 Å². The average molecular weight is 168 g/mol. The summed E-state index contributed by atoms with van der Waals surface area (Å²) in [4.78, 5) is 13.7. The predicted molar refractivity (Wildman–Crippen MR) is 46.5 cm³/mol. The summed E-state index contributed by atoms with van der Waals surface area (Å²) in [6.07, 6.45) is 4.69. The zero-order valence-electron chi connectivity index (χ0n) is 7.33. The van der Waals surface area contributed by atoms with Crippen molar-refractivity contribution in [1.29, 1.82) is 0 Å². The number of rotatable bonds is 2. The molecule has 1 heterocycles. The molecule has 1 aliphatic heterocycles. The first-order valence-corrected chi connectivity index (χ1v) is 4.83. The number of carbonyl (C=O) groups is 1. The Bertz CT molecular complexity index is 189. The lowest BCUT2D eigenvalue weighted by atomic mass is 9.92. The Balaban J connectivity index is 1.96. The van der Waals surface area contributed by atoms with E-state index in [1.807, 2.05) is 4.90 Å². The summed E-state index contributed by atoms with van der Waals surface area (Å²) in [5, 5.41) is 0. The molecule has 1 amide bonds. The van der Waals surface area contributed by atoms with Crippen molar-refractivity contribution in [3.05, 3.63) is 0 Å². The van der Waals surface area contributed by atoms with Crippen LogP contribution in [0.3, 0.4) is 0 Å². The lowest BCUT2D eigenvalue weighted by Crippen LogP contribution is -2.42. The summed E-state index contributed by atoms with van der Waals surface area (Å²) < 4.78 is 0. The van der Waals surface area contributed by atoms with Gasteiger partial charge in [0, 0.05) is 19.1 Å². The first kappa shape index (κ1) is 8.05. The lowest BCUT2D eigenvalue weighted by Gasteiger charge is -2.34. The quantitative estimate of drug-likeness (QED) is 0.646. The highest BCUT2D eigenvalue weighted by molar-refractivity contribution is 5.81. The second-order valence-corrected chi connectivity index (χ2v) is 3.84. The highest BCUT2D eigenvalue weighted by Crippen LogP contribution is 2.30. The van der Waals surface area contributed by atoms with E-state index in [4.69, 9.17) is 5.73 Å². The maximum atomic E-state index is 11.6. The molecule has 2 aliphatic rings. The molecule has 0 bridgehead atoms. The Morgan fingerprint density at radius 3 is 2.58 bits per heavy atom. The monoisotopic (exact) mass is 168 g/mol. The lowest BCUT2D eigenvalue weighted by molar-refractivity contribution is -0.134. The van der Waals surface area contributed by atoms with Gasteiger partial charge in [-0.2, -0.15) is 0 Å². The van der Waals surface area contributed by atoms with Crippen LogP contribution < -0.4 is 5.73 Å². The van der Waals surface area contributed by atoms with E-state index in [9.17, 15) is 4.79 Å². The van der Waals surface area contributed by atoms with Crippen LogP contribution in [0.2, 0.25) is 0 Å². The second kappa shape index (κ2) is 3.05. The molecular formula is C9H16N2O. The molecule has 12 heavy (non-hydrogen) atoms. The first-order chi connectivity index (χ1) is 5.83. The second-order valence-electron chi connectivity index (χ2n) is 3.84. The fourth-order valence-corrected chi connectivity index (χ4v) is 2.04. The van der Waals surface area contributed by atoms with Gasteiger partial charge in [-0.1, -0.05) is 0 Å². The molecule has 1 saturated carbocycles. The third-order valence-corrected chi connectivity index (χ3v) is 3.15. The van der Waals surface area contributed by atoms with Crippen LogP contribution in [0.15, 0.2) is 0 Å². The summed E-state index contributed by atoms with van der Waals surface area (Å²) in [5.74, 6) is 0.438. The van der Waals surface area contributed by atoms with E-state index in [1.165, 1.54) is 19.3 Å². The molecule has 2 N–H and O–H groups in total. The summed E-state index contributed by atoms with van der Waals surface area (Å²) in [6.45, 7) is 1.48. The average Bonchev–Trinajstić information content (AvgIpc) is 2.30. The van der Waals surface area contributed by atoms with Crippen molar-refractivity contribution in [3.8, 4) is 0 Å². The van der Waals surface area contributed by atoms with Gasteiger partial charge in [-0.25, -0.2) is 0 Å². The minimum absolute atomic E-state index is 0.130. The van der Waals surface area contributed by atoms with Gasteiger partial charge in [-0.05, 0) is 25.7 Å². The minimum atomic E-state index is 0.130. The van der Waals surface area contributed by atoms with Crippen LogP contribution in [0.4, 0.5) is 0 Å². The van der Waals surface area contributed by atoms with Crippen molar-refractivity contribution < 1.29 is 4.79 Å². The fraction of sp³-hybridized carbons (Fsp3) is 0.889. The molecule has 1 saturated heterocycles. The molecule has 1 unspecified atom stereocenters. The van der Waals surface area contributed by atoms with Gasteiger partial charge in [-0.3, -0.25) is 4.79 Å². The van der Waals surface area contributed by atoms with Crippen molar-refractivity contribution in [2.24, 2.45) is 11.7 Å². The minimum Gasteiger partial charge on any atom is -0.339 e. The van der Waals surface area contributed by atoms with Crippen LogP contribution in [-0.2, 0) is 4.79 Å². The maximum absolute atomic E-state index is 11.6. The molecule has 0 aromatic carbocycles. The van der Waals surface area contributed by atoms with Gasteiger partial charge in [0.25, 0.3) is 0 Å². The van der Waals surface area contributed by atoms with Crippen LogP contribution in [0.1, 0.15) is 25.7 Å². The van der Waals surface area contributed by atoms with Crippen LogP contribution in [0.25, 0.3) is 0 Å². The van der Waals surface area contributed by atoms with Crippen molar-refractivity contribution >= 4 is 5.91 Å². The van der Waals surface area contributed by atoms with Crippen molar-refractivity contribution in [2.75, 3.05) is 13.1 Å². The summed E-state index contributed by atoms with van der Waals surface area (Å²) in [6, 6.07) is 0.564. The van der Waals surface area contributed by atoms with Gasteiger partial charge in [0.1, 0.15) is 0 Å². The van der Waals surface area contributed by atoms with Crippen molar-refractivity contribution in [2.45, 2.75) is 31.7 Å². The first-order valence-electron chi connectivity index (χ1n) is 4.83. The Morgan fingerprint density at radius 1 is 1.42 bits per heavy atom. The number of carbonyl (C=O) groups excluding carboxylic acids is 1. The number of likely N-dealkylation sites (tertiary alicyclic amines) is 1. The molecule has 68 valence electrons. The smallest absolute Gasteiger partial charge is 0.227 e. The van der Waals surface area contributed by atoms with E-state index in [-0.39, 0.29) is 5.92 Å². The third kappa shape index (κ3) is 1.12. The topological polar surface area (TPSA) is 46.3 Å². The number of hydrogen-bond donors (Lipinski definition) is 1. The zero-order valence-corrected chi connectivity index (χ0v) is 7.33. The van der Waals surface area contributed by atoms with E-state index >= 15 is 0 Å². The normalized spacial score (nSPS) is 30.9. The molecule has 3 heteroatoms. The Hall–Kier alpha value is -0.570. The predicted octanol–water partition coefficient (Wildman–Crippen LogP) is 0.346. The molecular weight excluding hydrogens is 152 g/mol. The van der Waals surface area contributed by atoms with Crippen molar-refractivity contribution in [3.63, 3.8) is 0 Å². The van der Waals surface area contributed by atoms with E-state index in [1.54, 1.807) is 0 Å². The molecule has 1 aliphatic carbocycles. The molecule has 0 radical (unpaired) electrons. The summed E-state index contributed by atoms with van der Waals surface area (Å²) >= 11 is 0. The molecule has 0 aromatic heterocycles. The Kier molecular flexibility index (Phi) is 2.05. The Morgan fingerprint density at radius 2 is 2.17 bits per heavy atom.